The zero-order valence-corrected chi connectivity index (χ0v) is 16.7. The van der Waals surface area contributed by atoms with E-state index in [1.165, 1.54) is 4.68 Å². The van der Waals surface area contributed by atoms with Gasteiger partial charge in [0.25, 0.3) is 5.91 Å². The number of benzene rings is 2. The molecule has 1 aliphatic rings. The first kappa shape index (κ1) is 20.8. The lowest BCUT2D eigenvalue weighted by Crippen LogP contribution is -2.33. The molecule has 0 bridgehead atoms. The van der Waals surface area contributed by atoms with Gasteiger partial charge in [-0.05, 0) is 29.8 Å². The Hall–Kier alpha value is -2.94. The molecule has 8 nitrogen and oxygen atoms in total. The first-order valence-corrected chi connectivity index (χ1v) is 9.03. The minimum absolute atomic E-state index is 0. The Morgan fingerprint density at radius 1 is 1.28 bits per heavy atom. The van der Waals surface area contributed by atoms with Crippen molar-refractivity contribution in [2.24, 2.45) is 0 Å². The van der Waals surface area contributed by atoms with E-state index >= 15 is 0 Å². The van der Waals surface area contributed by atoms with E-state index in [9.17, 15) is 4.79 Å². The smallest absolute Gasteiger partial charge is 0.277 e. The molecule has 1 aromatic heterocycles. The van der Waals surface area contributed by atoms with Crippen molar-refractivity contribution < 1.29 is 14.3 Å². The maximum Gasteiger partial charge on any atom is 0.277 e. The van der Waals surface area contributed by atoms with Crippen LogP contribution in [0.3, 0.4) is 0 Å². The quantitative estimate of drug-likeness (QED) is 0.665. The number of ether oxygens (including phenoxy) is 2. The summed E-state index contributed by atoms with van der Waals surface area (Å²) in [5.41, 5.74) is 2.76. The van der Waals surface area contributed by atoms with E-state index in [4.69, 9.17) is 9.47 Å². The highest BCUT2D eigenvalue weighted by Gasteiger charge is 2.16. The van der Waals surface area contributed by atoms with E-state index in [2.05, 4.69) is 20.9 Å². The zero-order chi connectivity index (χ0) is 19.3. The number of halogens is 1. The molecule has 0 radical (unpaired) electrons. The lowest BCUT2D eigenvalue weighted by Gasteiger charge is -2.24. The number of hydrogen-bond donors (Lipinski definition) is 2. The average molecular weight is 416 g/mol. The molecule has 1 saturated heterocycles. The Bertz CT molecular complexity index is 955. The van der Waals surface area contributed by atoms with E-state index in [1.54, 1.807) is 13.3 Å². The van der Waals surface area contributed by atoms with Crippen molar-refractivity contribution in [2.75, 3.05) is 32.1 Å². The van der Waals surface area contributed by atoms with Crippen molar-refractivity contribution in [3.8, 4) is 11.4 Å². The molecule has 4 rings (SSSR count). The topological polar surface area (TPSA) is 90.3 Å². The number of carbonyl (C=O) groups excluding carboxylic acids is 1. The Balaban J connectivity index is 0.00000240. The molecule has 29 heavy (non-hydrogen) atoms. The van der Waals surface area contributed by atoms with E-state index in [0.29, 0.717) is 18.0 Å². The monoisotopic (exact) mass is 415 g/mol. The third-order valence-corrected chi connectivity index (χ3v) is 4.51. The van der Waals surface area contributed by atoms with Crippen molar-refractivity contribution in [3.63, 3.8) is 0 Å². The van der Waals surface area contributed by atoms with Crippen molar-refractivity contribution in [1.82, 2.24) is 20.3 Å². The number of morpholine rings is 1. The molecule has 1 atom stereocenters. The molecule has 2 aromatic carbocycles. The van der Waals surface area contributed by atoms with Crippen LogP contribution < -0.4 is 15.4 Å². The van der Waals surface area contributed by atoms with Gasteiger partial charge in [0, 0.05) is 24.8 Å². The molecule has 1 fully saturated rings. The van der Waals surface area contributed by atoms with Crippen LogP contribution in [0.1, 0.15) is 22.2 Å². The summed E-state index contributed by atoms with van der Waals surface area (Å²) in [6.07, 6.45) is 1.63. The van der Waals surface area contributed by atoms with Gasteiger partial charge in [0.15, 0.2) is 5.69 Å². The van der Waals surface area contributed by atoms with Crippen LogP contribution >= 0.6 is 12.4 Å². The Morgan fingerprint density at radius 3 is 2.83 bits per heavy atom. The molecule has 2 N–H and O–H groups in total. The van der Waals surface area contributed by atoms with Gasteiger partial charge in [0.2, 0.25) is 0 Å². The maximum absolute atomic E-state index is 12.5. The number of anilines is 1. The highest BCUT2D eigenvalue weighted by Crippen LogP contribution is 2.21. The van der Waals surface area contributed by atoms with E-state index in [1.807, 2.05) is 48.5 Å². The molecule has 1 unspecified atom stereocenters. The molecule has 9 heteroatoms. The van der Waals surface area contributed by atoms with E-state index < -0.39 is 0 Å². The van der Waals surface area contributed by atoms with Crippen LogP contribution in [-0.4, -0.2) is 47.7 Å². The van der Waals surface area contributed by atoms with Crippen molar-refractivity contribution in [1.29, 1.82) is 0 Å². The second kappa shape index (κ2) is 9.51. The van der Waals surface area contributed by atoms with Gasteiger partial charge in [-0.2, -0.15) is 0 Å². The largest absolute Gasteiger partial charge is 0.497 e. The molecule has 0 aliphatic carbocycles. The van der Waals surface area contributed by atoms with Gasteiger partial charge >= 0.3 is 0 Å². The van der Waals surface area contributed by atoms with E-state index in [0.717, 1.165) is 24.3 Å². The van der Waals surface area contributed by atoms with Gasteiger partial charge in [-0.25, -0.2) is 4.68 Å². The molecule has 2 heterocycles. The van der Waals surface area contributed by atoms with Crippen molar-refractivity contribution in [3.05, 3.63) is 66.0 Å². The first-order chi connectivity index (χ1) is 13.7. The average Bonchev–Trinajstić information content (AvgIpc) is 3.25. The third-order valence-electron chi connectivity index (χ3n) is 4.51. The number of nitrogens with zero attached hydrogens (tertiary/aromatic N) is 3. The summed E-state index contributed by atoms with van der Waals surface area (Å²) in [7, 11) is 1.60. The standard InChI is InChI=1S/C20H21N5O3.ClH/c1-27-17-4-2-3-16(11-17)25-13-18(23-24-25)20(26)22-15-7-5-14(6-8-15)19-12-21-9-10-28-19;/h2-8,11,13,19,21H,9-10,12H2,1H3,(H,22,26);1H. The second-order valence-electron chi connectivity index (χ2n) is 6.39. The summed E-state index contributed by atoms with van der Waals surface area (Å²) in [6, 6.07) is 15.0. The minimum atomic E-state index is -0.322. The summed E-state index contributed by atoms with van der Waals surface area (Å²) < 4.78 is 12.5. The Morgan fingerprint density at radius 2 is 2.10 bits per heavy atom. The summed E-state index contributed by atoms with van der Waals surface area (Å²) in [4.78, 5) is 12.5. The van der Waals surface area contributed by atoms with Crippen LogP contribution in [0.2, 0.25) is 0 Å². The van der Waals surface area contributed by atoms with Gasteiger partial charge in [-0.1, -0.05) is 23.4 Å². The minimum Gasteiger partial charge on any atom is -0.497 e. The molecule has 1 amide bonds. The molecule has 0 spiro atoms. The fourth-order valence-corrected chi connectivity index (χ4v) is 3.00. The number of aromatic nitrogens is 3. The Labute approximate surface area is 174 Å². The molecule has 1 aliphatic heterocycles. The lowest BCUT2D eigenvalue weighted by atomic mass is 10.1. The maximum atomic E-state index is 12.5. The fourth-order valence-electron chi connectivity index (χ4n) is 3.00. The van der Waals surface area contributed by atoms with Crippen LogP contribution in [0.5, 0.6) is 5.75 Å². The zero-order valence-electron chi connectivity index (χ0n) is 15.9. The number of hydrogen-bond acceptors (Lipinski definition) is 6. The van der Waals surface area contributed by atoms with Gasteiger partial charge < -0.3 is 20.1 Å². The van der Waals surface area contributed by atoms with E-state index in [-0.39, 0.29) is 30.1 Å². The summed E-state index contributed by atoms with van der Waals surface area (Å²) in [6.45, 7) is 2.37. The second-order valence-corrected chi connectivity index (χ2v) is 6.39. The molecular formula is C20H22ClN5O3. The van der Waals surface area contributed by atoms with Gasteiger partial charge in [-0.15, -0.1) is 17.5 Å². The third kappa shape index (κ3) is 4.92. The normalized spacial score (nSPS) is 16.0. The Kier molecular flexibility index (Phi) is 6.82. The molecule has 0 saturated carbocycles. The fraction of sp³-hybridized carbons (Fsp3) is 0.250. The first-order valence-electron chi connectivity index (χ1n) is 9.03. The van der Waals surface area contributed by atoms with Gasteiger partial charge in [0.05, 0.1) is 31.7 Å². The number of nitrogens with one attached hydrogen (secondary N) is 2. The highest BCUT2D eigenvalue weighted by atomic mass is 35.5. The number of amides is 1. The summed E-state index contributed by atoms with van der Waals surface area (Å²) in [5, 5.41) is 14.1. The summed E-state index contributed by atoms with van der Waals surface area (Å²) in [5.74, 6) is 0.383. The van der Waals surface area contributed by atoms with Crippen LogP contribution in [-0.2, 0) is 4.74 Å². The molecule has 3 aromatic rings. The van der Waals surface area contributed by atoms with Crippen LogP contribution in [0.15, 0.2) is 54.7 Å². The molecule has 152 valence electrons. The predicted octanol–water partition coefficient (Wildman–Crippen LogP) is 2.61. The molecular weight excluding hydrogens is 394 g/mol. The number of carbonyl (C=O) groups is 1. The van der Waals surface area contributed by atoms with Gasteiger partial charge in [0.1, 0.15) is 5.75 Å². The van der Waals surface area contributed by atoms with Gasteiger partial charge in [-0.3, -0.25) is 4.79 Å². The number of rotatable bonds is 5. The summed E-state index contributed by atoms with van der Waals surface area (Å²) >= 11 is 0. The predicted molar refractivity (Wildman–Crippen MR) is 111 cm³/mol. The highest BCUT2D eigenvalue weighted by molar-refractivity contribution is 6.02. The van der Waals surface area contributed by atoms with Crippen LogP contribution in [0, 0.1) is 0 Å². The SMILES string of the molecule is COc1cccc(-n2cc(C(=O)Nc3ccc(C4CNCCO4)cc3)nn2)c1.Cl. The van der Waals surface area contributed by atoms with Crippen molar-refractivity contribution >= 4 is 24.0 Å². The lowest BCUT2D eigenvalue weighted by molar-refractivity contribution is 0.0277. The van der Waals surface area contributed by atoms with Crippen LogP contribution in [0.4, 0.5) is 5.69 Å². The number of methoxy groups -OCH3 is 1. The van der Waals surface area contributed by atoms with Crippen LogP contribution in [0.25, 0.3) is 5.69 Å². The van der Waals surface area contributed by atoms with Crippen molar-refractivity contribution in [2.45, 2.75) is 6.10 Å².